The summed E-state index contributed by atoms with van der Waals surface area (Å²) in [6.07, 6.45) is 3.32. The van der Waals surface area contributed by atoms with Gasteiger partial charge in [0.05, 0.1) is 0 Å². The maximum atomic E-state index is 13.9. The van der Waals surface area contributed by atoms with Crippen LogP contribution in [0.2, 0.25) is 0 Å². The van der Waals surface area contributed by atoms with E-state index in [0.717, 1.165) is 36.2 Å². The van der Waals surface area contributed by atoms with E-state index < -0.39 is 0 Å². The third-order valence-corrected chi connectivity index (χ3v) is 3.38. The summed E-state index contributed by atoms with van der Waals surface area (Å²) in [5.74, 6) is 0.598. The molecule has 0 amide bonds. The molecule has 1 nitrogen and oxygen atoms in total. The predicted molar refractivity (Wildman–Crippen MR) is 65.2 cm³/mol. The molecule has 0 bridgehead atoms. The topological polar surface area (TPSA) is 12.0 Å². The maximum Gasteiger partial charge on any atom is 0.129 e. The monoisotopic (exact) mass is 221 g/mol. The molecule has 1 atom stereocenters. The van der Waals surface area contributed by atoms with E-state index in [2.05, 4.69) is 5.32 Å². The van der Waals surface area contributed by atoms with E-state index in [1.54, 1.807) is 0 Å². The third-order valence-electron chi connectivity index (χ3n) is 3.38. The Kier molecular flexibility index (Phi) is 3.59. The molecular weight excluding hydrogens is 201 g/mol. The number of nitrogens with one attached hydrogen (secondary N) is 1. The van der Waals surface area contributed by atoms with Crippen LogP contribution in [0.5, 0.6) is 0 Å². The fraction of sp³-hybridized carbons (Fsp3) is 0.571. The average Bonchev–Trinajstić information content (AvgIpc) is 2.27. The van der Waals surface area contributed by atoms with Gasteiger partial charge in [0.2, 0.25) is 0 Å². The van der Waals surface area contributed by atoms with Gasteiger partial charge in [-0.2, -0.15) is 0 Å². The lowest BCUT2D eigenvalue weighted by Crippen LogP contribution is -2.31. The second kappa shape index (κ2) is 4.96. The smallest absolute Gasteiger partial charge is 0.129 e. The van der Waals surface area contributed by atoms with Crippen molar-refractivity contribution in [2.75, 3.05) is 13.1 Å². The van der Waals surface area contributed by atoms with E-state index >= 15 is 0 Å². The number of halogens is 1. The van der Waals surface area contributed by atoms with Crippen LogP contribution in [0.15, 0.2) is 12.1 Å². The van der Waals surface area contributed by atoms with Gasteiger partial charge < -0.3 is 5.32 Å². The first-order valence-corrected chi connectivity index (χ1v) is 6.13. The van der Waals surface area contributed by atoms with Gasteiger partial charge in [-0.1, -0.05) is 17.7 Å². The van der Waals surface area contributed by atoms with Gasteiger partial charge in [-0.15, -0.1) is 0 Å². The Morgan fingerprint density at radius 2 is 2.19 bits per heavy atom. The Hall–Kier alpha value is -0.890. The molecule has 1 aromatic rings. The molecule has 1 aromatic carbocycles. The second-order valence-corrected chi connectivity index (χ2v) is 4.97. The molecule has 0 aliphatic carbocycles. The Labute approximate surface area is 97.1 Å². The van der Waals surface area contributed by atoms with Gasteiger partial charge in [-0.3, -0.25) is 0 Å². The number of hydrogen-bond acceptors (Lipinski definition) is 1. The van der Waals surface area contributed by atoms with Crippen LogP contribution in [0.1, 0.15) is 29.5 Å². The molecule has 1 N–H and O–H groups in total. The summed E-state index contributed by atoms with van der Waals surface area (Å²) in [6, 6.07) is 3.91. The molecule has 2 rings (SSSR count). The van der Waals surface area contributed by atoms with E-state index in [1.165, 1.54) is 12.8 Å². The fourth-order valence-corrected chi connectivity index (χ4v) is 2.60. The number of hydrogen-bond donors (Lipinski definition) is 1. The van der Waals surface area contributed by atoms with E-state index in [1.807, 2.05) is 26.0 Å². The quantitative estimate of drug-likeness (QED) is 0.809. The highest BCUT2D eigenvalue weighted by Crippen LogP contribution is 2.21. The SMILES string of the molecule is Cc1cc(C)c(F)c(CC2CCCNC2)c1. The van der Waals surface area contributed by atoms with Crippen molar-refractivity contribution < 1.29 is 4.39 Å². The first-order chi connectivity index (χ1) is 7.66. The van der Waals surface area contributed by atoms with Crippen LogP contribution in [-0.2, 0) is 6.42 Å². The zero-order valence-corrected chi connectivity index (χ0v) is 10.1. The van der Waals surface area contributed by atoms with Crippen molar-refractivity contribution >= 4 is 0 Å². The van der Waals surface area contributed by atoms with Crippen LogP contribution < -0.4 is 5.32 Å². The van der Waals surface area contributed by atoms with E-state index in [4.69, 9.17) is 0 Å². The van der Waals surface area contributed by atoms with Gasteiger partial charge in [0.1, 0.15) is 5.82 Å². The van der Waals surface area contributed by atoms with Crippen molar-refractivity contribution in [3.05, 3.63) is 34.6 Å². The van der Waals surface area contributed by atoms with Crippen molar-refractivity contribution in [2.45, 2.75) is 33.1 Å². The molecule has 0 saturated carbocycles. The molecule has 2 heteroatoms. The first kappa shape index (κ1) is 11.6. The summed E-state index contributed by atoms with van der Waals surface area (Å²) in [5, 5.41) is 3.38. The molecule has 1 unspecified atom stereocenters. The largest absolute Gasteiger partial charge is 0.316 e. The Morgan fingerprint density at radius 1 is 1.38 bits per heavy atom. The standard InChI is InChI=1S/C14H20FN/c1-10-6-11(2)14(15)13(7-10)8-12-4-3-5-16-9-12/h6-7,12,16H,3-5,8-9H2,1-2H3. The molecule has 88 valence electrons. The van der Waals surface area contributed by atoms with Crippen molar-refractivity contribution in [1.82, 2.24) is 5.32 Å². The number of rotatable bonds is 2. The Balaban J connectivity index is 2.13. The molecule has 1 heterocycles. The molecule has 16 heavy (non-hydrogen) atoms. The number of benzene rings is 1. The molecule has 1 saturated heterocycles. The summed E-state index contributed by atoms with van der Waals surface area (Å²) in [4.78, 5) is 0. The molecule has 1 aliphatic rings. The molecule has 0 spiro atoms. The van der Waals surface area contributed by atoms with Gasteiger partial charge >= 0.3 is 0 Å². The van der Waals surface area contributed by atoms with Crippen molar-refractivity contribution in [1.29, 1.82) is 0 Å². The minimum atomic E-state index is -0.00354. The Bertz CT molecular complexity index is 367. The van der Waals surface area contributed by atoms with Gasteiger partial charge in [-0.25, -0.2) is 4.39 Å². The van der Waals surface area contributed by atoms with E-state index in [0.29, 0.717) is 5.92 Å². The van der Waals surface area contributed by atoms with Crippen LogP contribution >= 0.6 is 0 Å². The van der Waals surface area contributed by atoms with E-state index in [-0.39, 0.29) is 5.82 Å². The molecule has 0 aromatic heterocycles. The summed E-state index contributed by atoms with van der Waals surface area (Å²) in [7, 11) is 0. The zero-order chi connectivity index (χ0) is 11.5. The average molecular weight is 221 g/mol. The van der Waals surface area contributed by atoms with Crippen LogP contribution in [0, 0.1) is 25.6 Å². The van der Waals surface area contributed by atoms with Gasteiger partial charge in [0.15, 0.2) is 0 Å². The lowest BCUT2D eigenvalue weighted by atomic mass is 9.91. The van der Waals surface area contributed by atoms with Crippen molar-refractivity contribution in [3.8, 4) is 0 Å². The third kappa shape index (κ3) is 2.62. The highest BCUT2D eigenvalue weighted by molar-refractivity contribution is 5.30. The normalized spacial score (nSPS) is 21.1. The molecular formula is C14H20FN. The number of piperidine rings is 1. The van der Waals surface area contributed by atoms with Crippen molar-refractivity contribution in [3.63, 3.8) is 0 Å². The van der Waals surface area contributed by atoms with Crippen molar-refractivity contribution in [2.24, 2.45) is 5.92 Å². The molecule has 1 aliphatic heterocycles. The Morgan fingerprint density at radius 3 is 2.88 bits per heavy atom. The lowest BCUT2D eigenvalue weighted by molar-refractivity contribution is 0.371. The van der Waals surface area contributed by atoms with Crippen LogP contribution in [-0.4, -0.2) is 13.1 Å². The van der Waals surface area contributed by atoms with Crippen LogP contribution in [0.25, 0.3) is 0 Å². The number of aryl methyl sites for hydroxylation is 2. The predicted octanol–water partition coefficient (Wildman–Crippen LogP) is 2.98. The maximum absolute atomic E-state index is 13.9. The minimum Gasteiger partial charge on any atom is -0.316 e. The summed E-state index contributed by atoms with van der Waals surface area (Å²) >= 11 is 0. The van der Waals surface area contributed by atoms with E-state index in [9.17, 15) is 4.39 Å². The highest BCUT2D eigenvalue weighted by atomic mass is 19.1. The van der Waals surface area contributed by atoms with Gasteiger partial charge in [0, 0.05) is 0 Å². The zero-order valence-electron chi connectivity index (χ0n) is 10.1. The second-order valence-electron chi connectivity index (χ2n) is 4.97. The fourth-order valence-electron chi connectivity index (χ4n) is 2.60. The summed E-state index contributed by atoms with van der Waals surface area (Å²) in [5.41, 5.74) is 2.84. The van der Waals surface area contributed by atoms with Gasteiger partial charge in [0.25, 0.3) is 0 Å². The summed E-state index contributed by atoms with van der Waals surface area (Å²) in [6.45, 7) is 6.04. The highest BCUT2D eigenvalue weighted by Gasteiger charge is 2.16. The van der Waals surface area contributed by atoms with Gasteiger partial charge in [-0.05, 0) is 63.2 Å². The lowest BCUT2D eigenvalue weighted by Gasteiger charge is -2.23. The van der Waals surface area contributed by atoms with Crippen LogP contribution in [0.3, 0.4) is 0 Å². The first-order valence-electron chi connectivity index (χ1n) is 6.13. The summed E-state index contributed by atoms with van der Waals surface area (Å²) < 4.78 is 13.9. The molecule has 1 fully saturated rings. The van der Waals surface area contributed by atoms with Crippen LogP contribution in [0.4, 0.5) is 4.39 Å². The molecule has 0 radical (unpaired) electrons. The minimum absolute atomic E-state index is 0.00354.